The van der Waals surface area contributed by atoms with Crippen LogP contribution in [0.1, 0.15) is 59.8 Å². The molecule has 0 aromatic heterocycles. The molecule has 27 heavy (non-hydrogen) atoms. The van der Waals surface area contributed by atoms with Crippen LogP contribution in [0, 0.1) is 35.0 Å². The molecule has 1 N–H and O–H groups in total. The SMILES string of the molecule is CCCCC(C#CC1CC2C(CC23OCCO3)C1O)(O[Si](C)C)C(C)(C)C. The first-order valence-electron chi connectivity index (χ1n) is 10.6. The first-order valence-corrected chi connectivity index (χ1v) is 13.0. The summed E-state index contributed by atoms with van der Waals surface area (Å²) < 4.78 is 18.3. The van der Waals surface area contributed by atoms with Gasteiger partial charge in [0.15, 0.2) is 5.79 Å². The predicted octanol–water partition coefficient (Wildman–Crippen LogP) is 3.99. The normalized spacial score (nSPS) is 34.1. The fraction of sp³-hybridized carbons (Fsp3) is 0.909. The van der Waals surface area contributed by atoms with Gasteiger partial charge in [0, 0.05) is 23.7 Å². The number of fused-ring (bicyclic) bond motifs is 2. The van der Waals surface area contributed by atoms with Crippen LogP contribution in [-0.2, 0) is 13.9 Å². The third-order valence-corrected chi connectivity index (χ3v) is 7.43. The molecule has 0 bridgehead atoms. The molecule has 5 unspecified atom stereocenters. The van der Waals surface area contributed by atoms with Crippen LogP contribution in [0.4, 0.5) is 0 Å². The van der Waals surface area contributed by atoms with E-state index in [2.05, 4.69) is 52.6 Å². The van der Waals surface area contributed by atoms with Gasteiger partial charge >= 0.3 is 0 Å². The van der Waals surface area contributed by atoms with Gasteiger partial charge in [-0.3, -0.25) is 0 Å². The molecule has 1 aliphatic heterocycles. The summed E-state index contributed by atoms with van der Waals surface area (Å²) >= 11 is 0. The highest BCUT2D eigenvalue weighted by Crippen LogP contribution is 2.59. The number of ether oxygens (including phenoxy) is 2. The van der Waals surface area contributed by atoms with Crippen molar-refractivity contribution in [3.8, 4) is 11.8 Å². The van der Waals surface area contributed by atoms with Gasteiger partial charge in [0.05, 0.1) is 19.3 Å². The van der Waals surface area contributed by atoms with Gasteiger partial charge in [0.1, 0.15) is 5.60 Å². The minimum Gasteiger partial charge on any atom is -0.401 e. The molecule has 0 aromatic carbocycles. The summed E-state index contributed by atoms with van der Waals surface area (Å²) in [7, 11) is -0.893. The van der Waals surface area contributed by atoms with Gasteiger partial charge in [-0.15, -0.1) is 0 Å². The second-order valence-electron chi connectivity index (χ2n) is 9.78. The summed E-state index contributed by atoms with van der Waals surface area (Å²) in [6.07, 6.45) is 4.48. The molecule has 5 atom stereocenters. The average molecular weight is 394 g/mol. The Morgan fingerprint density at radius 3 is 2.44 bits per heavy atom. The smallest absolute Gasteiger partial charge is 0.207 e. The Morgan fingerprint density at radius 1 is 1.22 bits per heavy atom. The molecule has 1 spiro atoms. The van der Waals surface area contributed by atoms with Gasteiger partial charge < -0.3 is 19.0 Å². The number of aliphatic hydroxyl groups excluding tert-OH is 1. The molecule has 2 saturated carbocycles. The van der Waals surface area contributed by atoms with E-state index in [0.29, 0.717) is 13.2 Å². The lowest BCUT2D eigenvalue weighted by molar-refractivity contribution is -0.275. The Morgan fingerprint density at radius 2 is 1.89 bits per heavy atom. The number of aliphatic hydroxyl groups is 1. The topological polar surface area (TPSA) is 47.9 Å². The molecule has 3 rings (SSSR count). The molecule has 3 fully saturated rings. The van der Waals surface area contributed by atoms with E-state index in [-0.39, 0.29) is 29.3 Å². The van der Waals surface area contributed by atoms with Gasteiger partial charge in [-0.1, -0.05) is 46.0 Å². The van der Waals surface area contributed by atoms with Crippen molar-refractivity contribution >= 4 is 9.04 Å². The molecular weight excluding hydrogens is 356 g/mol. The zero-order chi connectivity index (χ0) is 19.9. The van der Waals surface area contributed by atoms with Crippen molar-refractivity contribution in [2.24, 2.45) is 23.2 Å². The Bertz CT molecular complexity index is 581. The van der Waals surface area contributed by atoms with E-state index in [1.165, 1.54) is 0 Å². The summed E-state index contributed by atoms with van der Waals surface area (Å²) in [4.78, 5) is 0. The minimum atomic E-state index is -0.893. The Labute approximate surface area is 167 Å². The van der Waals surface area contributed by atoms with Crippen LogP contribution in [0.5, 0.6) is 0 Å². The summed E-state index contributed by atoms with van der Waals surface area (Å²) in [5.74, 6) is 7.16. The molecule has 1 radical (unpaired) electrons. The maximum Gasteiger partial charge on any atom is 0.207 e. The van der Waals surface area contributed by atoms with Crippen molar-refractivity contribution in [1.29, 1.82) is 0 Å². The lowest BCUT2D eigenvalue weighted by Crippen LogP contribution is -2.54. The first kappa shape index (κ1) is 21.3. The van der Waals surface area contributed by atoms with E-state index in [9.17, 15) is 5.11 Å². The molecule has 0 amide bonds. The molecule has 1 saturated heterocycles. The van der Waals surface area contributed by atoms with E-state index in [0.717, 1.165) is 32.1 Å². The average Bonchev–Trinajstić information content (AvgIpc) is 3.15. The van der Waals surface area contributed by atoms with Crippen LogP contribution >= 0.6 is 0 Å². The quantitative estimate of drug-likeness (QED) is 0.567. The summed E-state index contributed by atoms with van der Waals surface area (Å²) in [6, 6.07) is 0. The standard InChI is InChI=1S/C22H37O4Si/c1-7-8-10-21(20(2,3)4,26-27(5)6)11-9-16-14-18-17(19(16)23)15-22(18)24-12-13-25-22/h16-19,23H,7-8,10,12-15H2,1-6H3. The summed E-state index contributed by atoms with van der Waals surface area (Å²) in [6.45, 7) is 14.6. The van der Waals surface area contributed by atoms with Crippen LogP contribution in [0.2, 0.25) is 13.1 Å². The van der Waals surface area contributed by atoms with Crippen LogP contribution in [0.3, 0.4) is 0 Å². The maximum absolute atomic E-state index is 10.8. The Kier molecular flexibility index (Phi) is 6.16. The van der Waals surface area contributed by atoms with Crippen LogP contribution in [0.15, 0.2) is 0 Å². The number of unbranched alkanes of at least 4 members (excludes halogenated alkanes) is 1. The third kappa shape index (κ3) is 3.89. The second kappa shape index (κ2) is 7.80. The highest BCUT2D eigenvalue weighted by Gasteiger charge is 2.64. The monoisotopic (exact) mass is 393 g/mol. The van der Waals surface area contributed by atoms with Crippen molar-refractivity contribution in [2.75, 3.05) is 13.2 Å². The lowest BCUT2D eigenvalue weighted by atomic mass is 9.69. The molecule has 1 heterocycles. The second-order valence-corrected chi connectivity index (χ2v) is 11.8. The molecule has 2 aliphatic carbocycles. The molecule has 0 aromatic rings. The number of hydrogen-bond acceptors (Lipinski definition) is 4. The number of rotatable bonds is 5. The fourth-order valence-electron chi connectivity index (χ4n) is 5.00. The van der Waals surface area contributed by atoms with Crippen molar-refractivity contribution in [2.45, 2.75) is 90.4 Å². The molecular formula is C22H37O4Si. The fourth-order valence-corrected chi connectivity index (χ4v) is 6.15. The highest BCUT2D eigenvalue weighted by atomic mass is 28.3. The van der Waals surface area contributed by atoms with Crippen molar-refractivity contribution in [3.05, 3.63) is 0 Å². The van der Waals surface area contributed by atoms with E-state index < -0.39 is 20.4 Å². The van der Waals surface area contributed by atoms with Gasteiger partial charge in [0.2, 0.25) is 9.04 Å². The van der Waals surface area contributed by atoms with Crippen molar-refractivity contribution < 1.29 is 19.0 Å². The van der Waals surface area contributed by atoms with Crippen LogP contribution < -0.4 is 0 Å². The van der Waals surface area contributed by atoms with Gasteiger partial charge in [-0.25, -0.2) is 0 Å². The van der Waals surface area contributed by atoms with Crippen molar-refractivity contribution in [3.63, 3.8) is 0 Å². The van der Waals surface area contributed by atoms with E-state index in [4.69, 9.17) is 13.9 Å². The lowest BCUT2D eigenvalue weighted by Gasteiger charge is -2.48. The largest absolute Gasteiger partial charge is 0.401 e. The summed E-state index contributed by atoms with van der Waals surface area (Å²) in [5.41, 5.74) is -0.515. The minimum absolute atomic E-state index is 0.0106. The van der Waals surface area contributed by atoms with Gasteiger partial charge in [-0.2, -0.15) is 0 Å². The Balaban J connectivity index is 1.81. The molecule has 5 heteroatoms. The van der Waals surface area contributed by atoms with Gasteiger partial charge in [0.25, 0.3) is 0 Å². The summed E-state index contributed by atoms with van der Waals surface area (Å²) in [5, 5.41) is 10.8. The van der Waals surface area contributed by atoms with Crippen LogP contribution in [-0.4, -0.2) is 44.9 Å². The van der Waals surface area contributed by atoms with E-state index in [1.807, 2.05) is 0 Å². The molecule has 4 nitrogen and oxygen atoms in total. The Hall–Kier alpha value is -0.383. The maximum atomic E-state index is 10.8. The predicted molar refractivity (Wildman–Crippen MR) is 108 cm³/mol. The number of hydrogen-bond donors (Lipinski definition) is 1. The zero-order valence-corrected chi connectivity index (χ0v) is 18.9. The third-order valence-electron chi connectivity index (χ3n) is 6.67. The van der Waals surface area contributed by atoms with Gasteiger partial charge in [-0.05, 0) is 38.3 Å². The first-order chi connectivity index (χ1) is 12.6. The van der Waals surface area contributed by atoms with E-state index in [1.54, 1.807) is 0 Å². The van der Waals surface area contributed by atoms with Crippen molar-refractivity contribution in [1.82, 2.24) is 0 Å². The molecule has 153 valence electrons. The zero-order valence-electron chi connectivity index (χ0n) is 17.9. The molecule has 3 aliphatic rings. The highest BCUT2D eigenvalue weighted by molar-refractivity contribution is 6.48. The van der Waals surface area contributed by atoms with E-state index >= 15 is 0 Å². The van der Waals surface area contributed by atoms with Crippen LogP contribution in [0.25, 0.3) is 0 Å².